The predicted molar refractivity (Wildman–Crippen MR) is 383 cm³/mol. The Labute approximate surface area is 527 Å². The van der Waals surface area contributed by atoms with Gasteiger partial charge in [0.15, 0.2) is 0 Å². The number of benzene rings is 14. The van der Waals surface area contributed by atoms with Crippen LogP contribution in [0.2, 0.25) is 0 Å². The van der Waals surface area contributed by atoms with Gasteiger partial charge >= 0.3 is 0 Å². The number of halogens is 1. The summed E-state index contributed by atoms with van der Waals surface area (Å²) in [5, 5.41) is 10.6. The largest absolute Gasteiger partial charge is 0.355 e. The summed E-state index contributed by atoms with van der Waals surface area (Å²) >= 11 is 3.59. The molecule has 2 heterocycles. The molecule has 0 fully saturated rings. The molecular formula is C86H61BrN2. The maximum Gasteiger partial charge on any atom is 0.0544 e. The van der Waals surface area contributed by atoms with E-state index in [9.17, 15) is 0 Å². The Bertz CT molecular complexity index is 5660. The first-order valence-corrected chi connectivity index (χ1v) is 31.9. The van der Waals surface area contributed by atoms with Gasteiger partial charge in [0.1, 0.15) is 0 Å². The van der Waals surface area contributed by atoms with Gasteiger partial charge < -0.3 is 9.55 Å². The highest BCUT2D eigenvalue weighted by atomic mass is 79.9. The molecule has 0 spiro atoms. The van der Waals surface area contributed by atoms with Gasteiger partial charge in [0.2, 0.25) is 0 Å². The summed E-state index contributed by atoms with van der Waals surface area (Å²) in [5.74, 6) is 0. The Kier molecular flexibility index (Phi) is 11.3. The van der Waals surface area contributed by atoms with Gasteiger partial charge in [-0.3, -0.25) is 0 Å². The van der Waals surface area contributed by atoms with Crippen molar-refractivity contribution in [3.63, 3.8) is 0 Å². The molecule has 0 saturated carbocycles. The summed E-state index contributed by atoms with van der Waals surface area (Å²) in [4.78, 5) is 3.57. The fourth-order valence-corrected chi connectivity index (χ4v) is 16.5. The van der Waals surface area contributed by atoms with E-state index in [1.807, 2.05) is 0 Å². The highest BCUT2D eigenvalue weighted by Crippen LogP contribution is 2.55. The van der Waals surface area contributed by atoms with E-state index in [1.54, 1.807) is 0 Å². The number of nitrogens with one attached hydrogen (secondary N) is 1. The Hall–Kier alpha value is -10.3. The summed E-state index contributed by atoms with van der Waals surface area (Å²) in [6.45, 7) is 9.38. The van der Waals surface area contributed by atoms with Crippen LogP contribution >= 0.6 is 15.9 Å². The lowest BCUT2D eigenvalue weighted by Gasteiger charge is -2.21. The van der Waals surface area contributed by atoms with Crippen LogP contribution < -0.4 is 0 Å². The SMILES string of the molecule is Brc1cccc(-c2ccc3c4c(cccc24)-c2ccccc2-3)c1.CC1(C)c2ccccc2-c2cc3c(cc21)[nH]c1ccccc13.CC1(C)c2ccccc2-c2cc3c4ccccc4n(-c4cccc(-c5ccc6c7c(cccc57)-c5ccccc5-6)c4)c3cc21.[2HH]. The first kappa shape index (κ1) is 51.9. The normalized spacial score (nSPS) is 13.6. The van der Waals surface area contributed by atoms with Crippen LogP contribution in [-0.2, 0) is 10.8 Å². The van der Waals surface area contributed by atoms with Crippen LogP contribution in [-0.4, -0.2) is 9.55 Å². The van der Waals surface area contributed by atoms with E-state index in [2.05, 4.69) is 332 Å². The zero-order chi connectivity index (χ0) is 59.4. The fourth-order valence-electron chi connectivity index (χ4n) is 16.1. The highest BCUT2D eigenvalue weighted by Gasteiger charge is 2.38. The standard InChI is InChI=1S/C43H29N.C22H13Br.C21H17N.H2/c1-43(2)38-19-7-5-15-31(38)36-24-37-32-16-6-8-20-40(32)44(41(37)25-39(36)43)27-12-9-11-26(23-27)28-21-22-35-30-14-4-3-13-29(30)34-18-10-17-33(28)42(34)35;23-15-6-3-5-14(13-15)16-11-12-21-18-8-2-1-7-17(18)20-10-4-9-19(16)22(20)21;1-21(2)17-9-5-3-7-13(17)15-11-16-14-8-4-6-10-19(14)22-20(16)12-18(15)21;/h3-25H,1-2H3;1-13H;3-12,22H,1-2H3;1H/i;;;1+1. The fraction of sp³-hybridized carbons (Fsp3) is 0.0698. The van der Waals surface area contributed by atoms with Crippen molar-refractivity contribution in [2.75, 3.05) is 0 Å². The number of rotatable bonds is 3. The van der Waals surface area contributed by atoms with Crippen LogP contribution in [0.25, 0.3) is 160 Å². The lowest BCUT2D eigenvalue weighted by Crippen LogP contribution is -2.14. The summed E-state index contributed by atoms with van der Waals surface area (Å²) in [7, 11) is 0. The van der Waals surface area contributed by atoms with E-state index in [-0.39, 0.29) is 12.3 Å². The van der Waals surface area contributed by atoms with Crippen molar-refractivity contribution in [1.29, 1.82) is 0 Å². The molecule has 16 aromatic rings. The van der Waals surface area contributed by atoms with Crippen molar-refractivity contribution in [2.45, 2.75) is 38.5 Å². The maximum atomic E-state index is 3.59. The molecule has 14 aromatic carbocycles. The number of hydrogen-bond donors (Lipinski definition) is 1. The van der Waals surface area contributed by atoms with E-state index in [1.165, 1.54) is 182 Å². The zero-order valence-electron chi connectivity index (χ0n) is 49.9. The van der Waals surface area contributed by atoms with Gasteiger partial charge in [0.25, 0.3) is 0 Å². The highest BCUT2D eigenvalue weighted by molar-refractivity contribution is 9.10. The number of fused-ring (bicyclic) bond motifs is 18. The number of H-pyrrole nitrogens is 1. The number of aromatic amines is 1. The predicted octanol–water partition coefficient (Wildman–Crippen LogP) is 24.3. The third-order valence-electron chi connectivity index (χ3n) is 20.2. The molecule has 20 rings (SSSR count). The molecule has 2 aromatic heterocycles. The molecule has 1 N–H and O–H groups in total. The number of para-hydroxylation sites is 2. The average molecular weight is 1200 g/mol. The molecule has 89 heavy (non-hydrogen) atoms. The molecular weight excluding hydrogens is 1140 g/mol. The van der Waals surface area contributed by atoms with Gasteiger partial charge in [-0.25, -0.2) is 0 Å². The van der Waals surface area contributed by atoms with Crippen molar-refractivity contribution < 1.29 is 1.43 Å². The van der Waals surface area contributed by atoms with Gasteiger partial charge in [0.05, 0.1) is 11.0 Å². The average Bonchev–Trinajstić information content (AvgIpc) is 1.60. The van der Waals surface area contributed by atoms with Gasteiger partial charge in [-0.15, -0.1) is 0 Å². The molecule has 3 heteroatoms. The van der Waals surface area contributed by atoms with Crippen LogP contribution in [0.5, 0.6) is 0 Å². The zero-order valence-corrected chi connectivity index (χ0v) is 51.5. The van der Waals surface area contributed by atoms with E-state index < -0.39 is 0 Å². The van der Waals surface area contributed by atoms with Crippen molar-refractivity contribution >= 4 is 81.1 Å². The summed E-state index contributed by atoms with van der Waals surface area (Å²) in [6, 6.07) is 103. The maximum absolute atomic E-state index is 3.59. The first-order chi connectivity index (χ1) is 43.6. The van der Waals surface area contributed by atoms with E-state index in [0.29, 0.717) is 0 Å². The monoisotopic (exact) mass is 1200 g/mol. The molecule has 2 nitrogen and oxygen atoms in total. The molecule has 0 bridgehead atoms. The van der Waals surface area contributed by atoms with Crippen molar-refractivity contribution in [3.05, 3.63) is 306 Å². The van der Waals surface area contributed by atoms with Crippen LogP contribution in [0, 0.1) is 0 Å². The van der Waals surface area contributed by atoms with E-state index in [0.717, 1.165) is 4.47 Å². The molecule has 0 atom stereocenters. The van der Waals surface area contributed by atoms with Crippen LogP contribution in [0.3, 0.4) is 0 Å². The lowest BCUT2D eigenvalue weighted by molar-refractivity contribution is 0.661. The van der Waals surface area contributed by atoms with Gasteiger partial charge in [-0.1, -0.05) is 262 Å². The first-order valence-electron chi connectivity index (χ1n) is 31.1. The van der Waals surface area contributed by atoms with Gasteiger partial charge in [0, 0.05) is 55.0 Å². The molecule has 4 aliphatic carbocycles. The van der Waals surface area contributed by atoms with Gasteiger partial charge in [-0.2, -0.15) is 0 Å². The minimum atomic E-state index is -0.0501. The van der Waals surface area contributed by atoms with Gasteiger partial charge in [-0.05, 0) is 193 Å². The number of aromatic nitrogens is 2. The number of hydrogen-bond acceptors (Lipinski definition) is 0. The molecule has 0 aliphatic heterocycles. The minimum Gasteiger partial charge on any atom is -0.355 e. The Morgan fingerprint density at radius 2 is 0.719 bits per heavy atom. The third kappa shape index (κ3) is 7.62. The van der Waals surface area contributed by atoms with Crippen LogP contribution in [0.1, 0.15) is 51.4 Å². The van der Waals surface area contributed by atoms with Crippen molar-refractivity contribution in [3.8, 4) is 94.7 Å². The topological polar surface area (TPSA) is 20.7 Å². The molecule has 0 saturated heterocycles. The second-order valence-corrected chi connectivity index (χ2v) is 26.6. The quantitative estimate of drug-likeness (QED) is 0.182. The molecule has 0 amide bonds. The molecule has 4 aliphatic rings. The van der Waals surface area contributed by atoms with Crippen molar-refractivity contribution in [1.82, 2.24) is 9.55 Å². The molecule has 0 radical (unpaired) electrons. The Morgan fingerprint density at radius 1 is 0.281 bits per heavy atom. The van der Waals surface area contributed by atoms with E-state index >= 15 is 0 Å². The number of nitrogens with zero attached hydrogens (tertiary/aromatic N) is 1. The summed E-state index contributed by atoms with van der Waals surface area (Å²) < 4.78 is 3.59. The Morgan fingerprint density at radius 3 is 1.31 bits per heavy atom. The Balaban J connectivity index is 0.000000114. The van der Waals surface area contributed by atoms with Crippen LogP contribution in [0.4, 0.5) is 0 Å². The molecule has 0 unspecified atom stereocenters. The third-order valence-corrected chi connectivity index (χ3v) is 20.7. The summed E-state index contributed by atoms with van der Waals surface area (Å²) in [5.41, 5.74) is 33.1. The van der Waals surface area contributed by atoms with E-state index in [4.69, 9.17) is 0 Å². The van der Waals surface area contributed by atoms with Crippen LogP contribution in [0.15, 0.2) is 284 Å². The summed E-state index contributed by atoms with van der Waals surface area (Å²) in [6.07, 6.45) is 0. The second kappa shape index (κ2) is 19.3. The second-order valence-electron chi connectivity index (χ2n) is 25.7. The van der Waals surface area contributed by atoms with Crippen molar-refractivity contribution in [2.24, 2.45) is 0 Å². The minimum absolute atomic E-state index is 0. The molecule has 422 valence electrons. The smallest absolute Gasteiger partial charge is 0.0544 e. The lowest BCUT2D eigenvalue weighted by atomic mass is 9.82.